The molecule has 3 aromatic rings. The van der Waals surface area contributed by atoms with E-state index in [9.17, 15) is 4.79 Å². The molecule has 0 aromatic carbocycles. The number of thiocarbonyl (C=S) groups is 1. The summed E-state index contributed by atoms with van der Waals surface area (Å²) in [4.78, 5) is 24.1. The largest absolute Gasteiger partial charge is 0.480 e. The number of pyridine rings is 1. The molecule has 0 saturated heterocycles. The number of aliphatic carboxylic acids is 1. The maximum atomic E-state index is 10.8. The van der Waals surface area contributed by atoms with E-state index in [1.165, 1.54) is 4.68 Å². The summed E-state index contributed by atoms with van der Waals surface area (Å²) in [6, 6.07) is 4.07. The average Bonchev–Trinajstić information content (AvgIpc) is 3.29. The lowest BCUT2D eigenvalue weighted by atomic mass is 10.2. The zero-order valence-electron chi connectivity index (χ0n) is 13.6. The SMILES string of the molecule is O=C(O)Cn1cc(-c2cnc3ccc(NC(=S)NC4CC4)nc3n2)cn1. The first-order chi connectivity index (χ1) is 12.6. The van der Waals surface area contributed by atoms with Crippen LogP contribution in [-0.2, 0) is 11.3 Å². The Morgan fingerprint density at radius 2 is 2.15 bits per heavy atom. The highest BCUT2D eigenvalue weighted by molar-refractivity contribution is 7.80. The number of fused-ring (bicyclic) bond motifs is 1. The minimum absolute atomic E-state index is 0.210. The van der Waals surface area contributed by atoms with E-state index in [0.29, 0.717) is 39.4 Å². The van der Waals surface area contributed by atoms with Gasteiger partial charge in [-0.3, -0.25) is 14.5 Å². The summed E-state index contributed by atoms with van der Waals surface area (Å²) in [5.74, 6) is -0.374. The topological polar surface area (TPSA) is 118 Å². The second-order valence-corrected chi connectivity index (χ2v) is 6.40. The van der Waals surface area contributed by atoms with Gasteiger partial charge in [0, 0.05) is 17.8 Å². The molecular weight excluding hydrogens is 354 g/mol. The second kappa shape index (κ2) is 6.64. The van der Waals surface area contributed by atoms with Crippen LogP contribution in [0.1, 0.15) is 12.8 Å². The number of nitrogens with one attached hydrogen (secondary N) is 2. The summed E-state index contributed by atoms with van der Waals surface area (Å²) in [5, 5.41) is 19.6. The number of hydrogen-bond acceptors (Lipinski definition) is 6. The molecule has 4 rings (SSSR count). The van der Waals surface area contributed by atoms with Crippen molar-refractivity contribution in [2.24, 2.45) is 0 Å². The molecule has 0 radical (unpaired) electrons. The minimum atomic E-state index is -0.961. The van der Waals surface area contributed by atoms with Crippen LogP contribution in [0.4, 0.5) is 5.82 Å². The predicted molar refractivity (Wildman–Crippen MR) is 98.6 cm³/mol. The van der Waals surface area contributed by atoms with Crippen molar-refractivity contribution < 1.29 is 9.90 Å². The molecule has 0 spiro atoms. The summed E-state index contributed by atoms with van der Waals surface area (Å²) < 4.78 is 1.33. The molecule has 0 aliphatic heterocycles. The fourth-order valence-electron chi connectivity index (χ4n) is 2.39. The lowest BCUT2D eigenvalue weighted by Gasteiger charge is -2.09. The first-order valence-electron chi connectivity index (χ1n) is 8.03. The highest BCUT2D eigenvalue weighted by Gasteiger charge is 2.21. The number of carboxylic acid groups (broad SMARTS) is 1. The second-order valence-electron chi connectivity index (χ2n) is 5.99. The first kappa shape index (κ1) is 16.3. The van der Waals surface area contributed by atoms with Crippen LogP contribution in [0, 0.1) is 0 Å². The number of rotatable bonds is 5. The summed E-state index contributed by atoms with van der Waals surface area (Å²) >= 11 is 5.26. The van der Waals surface area contributed by atoms with Crippen LogP contribution in [0.25, 0.3) is 22.4 Å². The number of aromatic nitrogens is 5. The number of anilines is 1. The Bertz CT molecular complexity index is 999. The number of hydrogen-bond donors (Lipinski definition) is 3. The Labute approximate surface area is 153 Å². The maximum Gasteiger partial charge on any atom is 0.325 e. The van der Waals surface area contributed by atoms with Crippen molar-refractivity contribution in [3.05, 3.63) is 30.7 Å². The molecule has 0 bridgehead atoms. The predicted octanol–water partition coefficient (Wildman–Crippen LogP) is 1.42. The van der Waals surface area contributed by atoms with Crippen molar-refractivity contribution in [1.29, 1.82) is 0 Å². The van der Waals surface area contributed by atoms with Crippen molar-refractivity contribution in [3.8, 4) is 11.3 Å². The molecule has 3 heterocycles. The zero-order chi connectivity index (χ0) is 18.1. The van der Waals surface area contributed by atoms with E-state index in [-0.39, 0.29) is 6.54 Å². The lowest BCUT2D eigenvalue weighted by molar-refractivity contribution is -0.137. The highest BCUT2D eigenvalue weighted by Crippen LogP contribution is 2.20. The van der Waals surface area contributed by atoms with E-state index in [2.05, 4.69) is 30.7 Å². The van der Waals surface area contributed by atoms with Gasteiger partial charge in [0.2, 0.25) is 0 Å². The number of carboxylic acids is 1. The lowest BCUT2D eigenvalue weighted by Crippen LogP contribution is -2.30. The molecular formula is C16H15N7O2S. The van der Waals surface area contributed by atoms with E-state index in [1.807, 2.05) is 6.07 Å². The highest BCUT2D eigenvalue weighted by atomic mass is 32.1. The third kappa shape index (κ3) is 3.75. The van der Waals surface area contributed by atoms with Crippen LogP contribution in [0.15, 0.2) is 30.7 Å². The van der Waals surface area contributed by atoms with Gasteiger partial charge in [0.15, 0.2) is 10.8 Å². The normalized spacial score (nSPS) is 13.5. The van der Waals surface area contributed by atoms with Crippen molar-refractivity contribution >= 4 is 40.3 Å². The molecule has 1 fully saturated rings. The summed E-state index contributed by atoms with van der Waals surface area (Å²) in [6.45, 7) is -0.210. The van der Waals surface area contributed by atoms with E-state index in [0.717, 1.165) is 12.8 Å². The van der Waals surface area contributed by atoms with Gasteiger partial charge in [-0.05, 0) is 37.2 Å². The third-order valence-corrected chi connectivity index (χ3v) is 4.01. The van der Waals surface area contributed by atoms with Gasteiger partial charge in [-0.2, -0.15) is 5.10 Å². The van der Waals surface area contributed by atoms with Gasteiger partial charge in [-0.25, -0.2) is 9.97 Å². The van der Waals surface area contributed by atoms with E-state index >= 15 is 0 Å². The molecule has 10 heteroatoms. The average molecular weight is 369 g/mol. The Morgan fingerprint density at radius 3 is 2.92 bits per heavy atom. The summed E-state index contributed by atoms with van der Waals surface area (Å²) in [5.41, 5.74) is 2.36. The molecule has 1 saturated carbocycles. The molecule has 0 unspecified atom stereocenters. The molecule has 3 N–H and O–H groups in total. The van der Waals surface area contributed by atoms with Gasteiger partial charge in [0.1, 0.15) is 17.9 Å². The van der Waals surface area contributed by atoms with E-state index in [4.69, 9.17) is 17.3 Å². The van der Waals surface area contributed by atoms with Crippen molar-refractivity contribution in [1.82, 2.24) is 30.0 Å². The Balaban J connectivity index is 1.57. The van der Waals surface area contributed by atoms with Crippen LogP contribution in [0.5, 0.6) is 0 Å². The molecule has 9 nitrogen and oxygen atoms in total. The van der Waals surface area contributed by atoms with E-state index < -0.39 is 5.97 Å². The minimum Gasteiger partial charge on any atom is -0.480 e. The molecule has 26 heavy (non-hydrogen) atoms. The van der Waals surface area contributed by atoms with Gasteiger partial charge in [0.05, 0.1) is 18.1 Å². The summed E-state index contributed by atoms with van der Waals surface area (Å²) in [7, 11) is 0. The van der Waals surface area contributed by atoms with E-state index in [1.54, 1.807) is 24.7 Å². The summed E-state index contributed by atoms with van der Waals surface area (Å²) in [6.07, 6.45) is 7.05. The monoisotopic (exact) mass is 369 g/mol. The van der Waals surface area contributed by atoms with Crippen LogP contribution >= 0.6 is 12.2 Å². The fraction of sp³-hybridized carbons (Fsp3) is 0.250. The molecule has 0 atom stereocenters. The van der Waals surface area contributed by atoms with Crippen molar-refractivity contribution in [2.45, 2.75) is 25.4 Å². The maximum absolute atomic E-state index is 10.8. The van der Waals surface area contributed by atoms with Crippen LogP contribution in [0.3, 0.4) is 0 Å². The molecule has 0 amide bonds. The van der Waals surface area contributed by atoms with Crippen LogP contribution in [0.2, 0.25) is 0 Å². The van der Waals surface area contributed by atoms with Gasteiger partial charge in [0.25, 0.3) is 0 Å². The Morgan fingerprint density at radius 1 is 1.31 bits per heavy atom. The fourth-order valence-corrected chi connectivity index (χ4v) is 2.66. The van der Waals surface area contributed by atoms with Gasteiger partial charge >= 0.3 is 5.97 Å². The Kier molecular flexibility index (Phi) is 4.17. The number of nitrogens with zero attached hydrogens (tertiary/aromatic N) is 5. The Hall–Kier alpha value is -3.14. The third-order valence-electron chi connectivity index (χ3n) is 3.79. The van der Waals surface area contributed by atoms with Crippen LogP contribution < -0.4 is 10.6 Å². The first-order valence-corrected chi connectivity index (χ1v) is 8.43. The van der Waals surface area contributed by atoms with Crippen LogP contribution in [-0.4, -0.2) is 47.0 Å². The molecule has 1 aliphatic carbocycles. The molecule has 3 aromatic heterocycles. The standard InChI is InChI=1S/C16H15N7O2S/c24-14(25)8-23-7-9(5-18-23)12-6-17-11-3-4-13(21-15(11)20-12)22-16(26)19-10-1-2-10/h3-7,10H,1-2,8H2,(H,24,25)(H2,19,20,21,22,26). The van der Waals surface area contributed by atoms with Gasteiger partial charge < -0.3 is 15.7 Å². The number of carbonyl (C=O) groups is 1. The van der Waals surface area contributed by atoms with Gasteiger partial charge in [-0.1, -0.05) is 0 Å². The van der Waals surface area contributed by atoms with Crippen molar-refractivity contribution in [3.63, 3.8) is 0 Å². The molecule has 132 valence electrons. The zero-order valence-corrected chi connectivity index (χ0v) is 14.4. The smallest absolute Gasteiger partial charge is 0.325 e. The molecule has 1 aliphatic rings. The van der Waals surface area contributed by atoms with Gasteiger partial charge in [-0.15, -0.1) is 0 Å². The van der Waals surface area contributed by atoms with Crippen molar-refractivity contribution in [2.75, 3.05) is 5.32 Å². The quantitative estimate of drug-likeness (QED) is 0.574.